The maximum Gasteiger partial charge on any atom is 0.264 e. The first kappa shape index (κ1) is 21.5. The normalized spacial score (nSPS) is 10.9. The van der Waals surface area contributed by atoms with E-state index in [0.717, 1.165) is 16.9 Å². The lowest BCUT2D eigenvalue weighted by atomic mass is 10.2. The van der Waals surface area contributed by atoms with Crippen molar-refractivity contribution >= 4 is 41.4 Å². The van der Waals surface area contributed by atoms with E-state index in [1.54, 1.807) is 19.4 Å². The second-order valence-electron chi connectivity index (χ2n) is 5.98. The summed E-state index contributed by atoms with van der Waals surface area (Å²) in [5, 5.41) is 15.7. The summed E-state index contributed by atoms with van der Waals surface area (Å²) in [6.07, 6.45) is 1.55. The first-order valence-electron chi connectivity index (χ1n) is 8.83. The molecule has 0 saturated heterocycles. The molecule has 4 N–H and O–H groups in total. The average molecular weight is 446 g/mol. The summed E-state index contributed by atoms with van der Waals surface area (Å²) in [6, 6.07) is 14.8. The molecule has 2 aromatic carbocycles. The molecule has 0 saturated carbocycles. The third kappa shape index (κ3) is 5.88. The summed E-state index contributed by atoms with van der Waals surface area (Å²) < 4.78 is 6.34. The van der Waals surface area contributed by atoms with Gasteiger partial charge in [-0.3, -0.25) is 4.79 Å². The van der Waals surface area contributed by atoms with Gasteiger partial charge < -0.3 is 15.9 Å². The molecule has 11 heteroatoms. The fourth-order valence-corrected chi connectivity index (χ4v) is 3.19. The number of hydrazone groups is 1. The lowest BCUT2D eigenvalue weighted by Gasteiger charge is -2.06. The summed E-state index contributed by atoms with van der Waals surface area (Å²) in [5.41, 5.74) is 4.42. The highest BCUT2D eigenvalue weighted by atomic mass is 35.5. The van der Waals surface area contributed by atoms with Crippen molar-refractivity contribution in [2.75, 3.05) is 24.1 Å². The van der Waals surface area contributed by atoms with Crippen molar-refractivity contribution in [2.45, 2.75) is 11.7 Å². The summed E-state index contributed by atoms with van der Waals surface area (Å²) in [7, 11) is 1.61. The van der Waals surface area contributed by atoms with Gasteiger partial charge in [0.05, 0.1) is 19.1 Å². The molecule has 156 valence electrons. The Morgan fingerprint density at radius 2 is 2.03 bits per heavy atom. The minimum absolute atomic E-state index is 0.147. The van der Waals surface area contributed by atoms with Gasteiger partial charge in [-0.25, -0.2) is 10.1 Å². The van der Waals surface area contributed by atoms with E-state index in [9.17, 15) is 4.79 Å². The molecule has 0 bridgehead atoms. The van der Waals surface area contributed by atoms with E-state index in [1.807, 2.05) is 42.5 Å². The van der Waals surface area contributed by atoms with Crippen LogP contribution in [0.1, 0.15) is 11.1 Å². The lowest BCUT2D eigenvalue weighted by molar-refractivity contribution is -0.118. The quantitative estimate of drug-likeness (QED) is 0.200. The van der Waals surface area contributed by atoms with Crippen molar-refractivity contribution < 1.29 is 9.53 Å². The molecule has 0 fully saturated rings. The Labute approximate surface area is 182 Å². The number of anilines is 1. The number of methoxy groups -OCH3 is 1. The molecule has 1 heterocycles. The molecule has 0 aliphatic carbocycles. The Morgan fingerprint density at radius 3 is 2.77 bits per heavy atom. The van der Waals surface area contributed by atoms with Crippen LogP contribution in [0.5, 0.6) is 5.75 Å². The van der Waals surface area contributed by atoms with Crippen LogP contribution in [-0.2, 0) is 11.3 Å². The van der Waals surface area contributed by atoms with Gasteiger partial charge >= 0.3 is 0 Å². The molecule has 0 aliphatic rings. The zero-order chi connectivity index (χ0) is 21.3. The second-order valence-corrected chi connectivity index (χ2v) is 7.33. The van der Waals surface area contributed by atoms with Crippen molar-refractivity contribution in [3.05, 3.63) is 64.7 Å². The Bertz CT molecular complexity index is 1020. The summed E-state index contributed by atoms with van der Waals surface area (Å²) in [4.78, 5) is 12.1. The van der Waals surface area contributed by atoms with E-state index in [0.29, 0.717) is 16.7 Å². The highest BCUT2D eigenvalue weighted by Crippen LogP contribution is 2.17. The molecule has 0 spiro atoms. The Morgan fingerprint density at radius 1 is 1.27 bits per heavy atom. The molecule has 0 aliphatic heterocycles. The van der Waals surface area contributed by atoms with Gasteiger partial charge in [-0.05, 0) is 23.8 Å². The average Bonchev–Trinajstić information content (AvgIpc) is 3.12. The minimum Gasteiger partial charge on any atom is -0.497 e. The highest BCUT2D eigenvalue weighted by Gasteiger charge is 2.12. The topological polar surface area (TPSA) is 119 Å². The van der Waals surface area contributed by atoms with E-state index in [4.69, 9.17) is 22.2 Å². The number of ether oxygens (including phenoxy) is 1. The zero-order valence-electron chi connectivity index (χ0n) is 16.1. The van der Waals surface area contributed by atoms with Crippen LogP contribution < -0.4 is 21.3 Å². The predicted octanol–water partition coefficient (Wildman–Crippen LogP) is 2.51. The van der Waals surface area contributed by atoms with Gasteiger partial charge in [0.15, 0.2) is 0 Å². The number of nitrogens with one attached hydrogen (secondary N) is 2. The van der Waals surface area contributed by atoms with Gasteiger partial charge in [0.1, 0.15) is 5.75 Å². The smallest absolute Gasteiger partial charge is 0.264 e. The molecular formula is C19H20ClN7O2S. The van der Waals surface area contributed by atoms with Gasteiger partial charge in [0.25, 0.3) is 5.95 Å². The number of nitrogen functional groups attached to an aromatic ring is 1. The van der Waals surface area contributed by atoms with Crippen LogP contribution in [0.25, 0.3) is 0 Å². The van der Waals surface area contributed by atoms with Gasteiger partial charge in [0, 0.05) is 17.1 Å². The third-order valence-corrected chi connectivity index (χ3v) is 5.21. The Hall–Kier alpha value is -3.24. The number of nitrogens with zero attached hydrogens (tertiary/aromatic N) is 4. The number of carbonyl (C=O) groups is 1. The number of benzene rings is 2. The van der Waals surface area contributed by atoms with E-state index in [2.05, 4.69) is 26.0 Å². The fourth-order valence-electron chi connectivity index (χ4n) is 2.32. The number of aromatic nitrogens is 3. The lowest BCUT2D eigenvalue weighted by Crippen LogP contribution is -2.25. The maximum atomic E-state index is 12.1. The van der Waals surface area contributed by atoms with Crippen LogP contribution in [0, 0.1) is 0 Å². The molecule has 0 unspecified atom stereocenters. The Balaban J connectivity index is 1.47. The molecule has 0 radical (unpaired) electrons. The molecule has 1 amide bonds. The standard InChI is InChI=1S/C19H20ClN7O2S/c1-29-15-8-6-13(7-9-15)10-22-17(28)12-30-19-26-25-18(27(19)21)24-23-11-14-4-2-3-5-16(14)20/h2-9,11H,10,12,21H2,1H3,(H,22,28)(H,24,25)/b23-11+. The van der Waals surface area contributed by atoms with Crippen molar-refractivity contribution in [2.24, 2.45) is 5.10 Å². The molecule has 30 heavy (non-hydrogen) atoms. The van der Waals surface area contributed by atoms with E-state index in [1.165, 1.54) is 16.4 Å². The van der Waals surface area contributed by atoms with Crippen LogP contribution in [0.3, 0.4) is 0 Å². The number of rotatable bonds is 9. The van der Waals surface area contributed by atoms with Gasteiger partial charge in [-0.2, -0.15) is 5.10 Å². The number of hydrogen-bond donors (Lipinski definition) is 3. The molecular weight excluding hydrogens is 426 g/mol. The van der Waals surface area contributed by atoms with Crippen LogP contribution in [0.2, 0.25) is 5.02 Å². The van der Waals surface area contributed by atoms with Crippen LogP contribution >= 0.6 is 23.4 Å². The van der Waals surface area contributed by atoms with Crippen molar-refractivity contribution in [3.8, 4) is 5.75 Å². The van der Waals surface area contributed by atoms with E-state index < -0.39 is 0 Å². The number of nitrogens with two attached hydrogens (primary N) is 1. The van der Waals surface area contributed by atoms with Crippen LogP contribution in [0.15, 0.2) is 58.8 Å². The largest absolute Gasteiger partial charge is 0.497 e. The highest BCUT2D eigenvalue weighted by molar-refractivity contribution is 7.99. The van der Waals surface area contributed by atoms with E-state index in [-0.39, 0.29) is 17.6 Å². The molecule has 9 nitrogen and oxygen atoms in total. The fraction of sp³-hybridized carbons (Fsp3) is 0.158. The summed E-state index contributed by atoms with van der Waals surface area (Å²) in [6.45, 7) is 0.419. The minimum atomic E-state index is -0.148. The summed E-state index contributed by atoms with van der Waals surface area (Å²) in [5.74, 6) is 6.96. The first-order valence-corrected chi connectivity index (χ1v) is 10.2. The number of carbonyl (C=O) groups excluding carboxylic acids is 1. The second kappa shape index (κ2) is 10.5. The Kier molecular flexibility index (Phi) is 7.52. The van der Waals surface area contributed by atoms with Crippen LogP contribution in [0.4, 0.5) is 5.95 Å². The monoisotopic (exact) mass is 445 g/mol. The number of amides is 1. The van der Waals surface area contributed by atoms with Gasteiger partial charge in [-0.1, -0.05) is 53.7 Å². The van der Waals surface area contributed by atoms with Crippen molar-refractivity contribution in [1.82, 2.24) is 20.2 Å². The van der Waals surface area contributed by atoms with Gasteiger partial charge in [0.2, 0.25) is 11.1 Å². The van der Waals surface area contributed by atoms with E-state index >= 15 is 0 Å². The molecule has 1 aromatic heterocycles. The number of hydrogen-bond acceptors (Lipinski definition) is 8. The van der Waals surface area contributed by atoms with Gasteiger partial charge in [-0.15, -0.1) is 10.2 Å². The SMILES string of the molecule is COc1ccc(CNC(=O)CSc2nnc(N/N=C/c3ccccc3Cl)n2N)cc1. The van der Waals surface area contributed by atoms with Crippen molar-refractivity contribution in [1.29, 1.82) is 0 Å². The maximum absolute atomic E-state index is 12.1. The zero-order valence-corrected chi connectivity index (χ0v) is 17.7. The predicted molar refractivity (Wildman–Crippen MR) is 118 cm³/mol. The molecule has 3 rings (SSSR count). The molecule has 3 aromatic rings. The molecule has 0 atom stereocenters. The number of halogens is 1. The third-order valence-electron chi connectivity index (χ3n) is 3.92. The van der Waals surface area contributed by atoms with Crippen molar-refractivity contribution in [3.63, 3.8) is 0 Å². The first-order chi connectivity index (χ1) is 14.6. The van der Waals surface area contributed by atoms with Crippen LogP contribution in [-0.4, -0.2) is 39.9 Å². The number of thioether (sulfide) groups is 1. The summed E-state index contributed by atoms with van der Waals surface area (Å²) >= 11 is 7.24.